The Bertz CT molecular complexity index is 367. The average molecular weight is 326 g/mol. The van der Waals surface area contributed by atoms with Gasteiger partial charge in [-0.3, -0.25) is 4.79 Å². The lowest BCUT2D eigenvalue weighted by Gasteiger charge is -2.25. The van der Waals surface area contributed by atoms with Crippen LogP contribution in [0.4, 0.5) is 0 Å². The first-order chi connectivity index (χ1) is 8.27. The van der Waals surface area contributed by atoms with Crippen molar-refractivity contribution in [2.45, 2.75) is 32.1 Å². The molecular formula is C12H21Cl2N3OS. The minimum atomic E-state index is -0.289. The molecule has 3 N–H and O–H groups in total. The molecule has 1 amide bonds. The first-order valence-corrected chi connectivity index (χ1v) is 7.01. The molecule has 1 aliphatic carbocycles. The van der Waals surface area contributed by atoms with Gasteiger partial charge in [0, 0.05) is 31.1 Å². The van der Waals surface area contributed by atoms with Crippen LogP contribution in [0.25, 0.3) is 0 Å². The molecule has 0 aliphatic heterocycles. The molecule has 1 fully saturated rings. The average Bonchev–Trinajstić information content (AvgIpc) is 3.00. The van der Waals surface area contributed by atoms with Crippen LogP contribution in [0, 0.1) is 5.41 Å². The highest BCUT2D eigenvalue weighted by atomic mass is 35.5. The monoisotopic (exact) mass is 325 g/mol. The molecule has 0 saturated heterocycles. The van der Waals surface area contributed by atoms with E-state index < -0.39 is 0 Å². The Hall–Kier alpha value is -0.360. The molecule has 19 heavy (non-hydrogen) atoms. The smallest absolute Gasteiger partial charge is 0.227 e. The van der Waals surface area contributed by atoms with Crippen LogP contribution in [0.2, 0.25) is 0 Å². The third-order valence-electron chi connectivity index (χ3n) is 3.54. The van der Waals surface area contributed by atoms with Crippen LogP contribution >= 0.6 is 36.2 Å². The molecule has 4 nitrogen and oxygen atoms in total. The van der Waals surface area contributed by atoms with Crippen molar-refractivity contribution < 1.29 is 4.79 Å². The summed E-state index contributed by atoms with van der Waals surface area (Å²) < 4.78 is 0. The van der Waals surface area contributed by atoms with Crippen LogP contribution in [0.3, 0.4) is 0 Å². The van der Waals surface area contributed by atoms with Crippen LogP contribution in [0.5, 0.6) is 0 Å². The molecule has 0 aromatic carbocycles. The van der Waals surface area contributed by atoms with Crippen LogP contribution in [0.1, 0.15) is 30.7 Å². The van der Waals surface area contributed by atoms with E-state index >= 15 is 0 Å². The van der Waals surface area contributed by atoms with Gasteiger partial charge >= 0.3 is 0 Å². The molecule has 1 aromatic heterocycles. The molecular weight excluding hydrogens is 305 g/mol. The zero-order chi connectivity index (χ0) is 12.1. The van der Waals surface area contributed by atoms with Gasteiger partial charge in [0.25, 0.3) is 0 Å². The van der Waals surface area contributed by atoms with E-state index in [0.717, 1.165) is 37.1 Å². The summed E-state index contributed by atoms with van der Waals surface area (Å²) in [5, 5.41) is 6.02. The highest BCUT2D eigenvalue weighted by molar-refractivity contribution is 7.09. The topological polar surface area (TPSA) is 68.0 Å². The van der Waals surface area contributed by atoms with Gasteiger partial charge in [0.2, 0.25) is 5.91 Å². The number of halogens is 2. The van der Waals surface area contributed by atoms with Crippen molar-refractivity contribution in [2.24, 2.45) is 11.1 Å². The van der Waals surface area contributed by atoms with E-state index in [4.69, 9.17) is 5.73 Å². The number of nitrogens with two attached hydrogens (primary N) is 1. The Morgan fingerprint density at radius 1 is 1.42 bits per heavy atom. The Morgan fingerprint density at radius 3 is 2.63 bits per heavy atom. The minimum Gasteiger partial charge on any atom is -0.355 e. The summed E-state index contributed by atoms with van der Waals surface area (Å²) in [6, 6.07) is 0. The van der Waals surface area contributed by atoms with Gasteiger partial charge in [-0.15, -0.1) is 36.2 Å². The SMILES string of the molecule is Cl.Cl.NCC1(C(=O)NCCc2nccs2)CCCC1. The van der Waals surface area contributed by atoms with E-state index in [1.807, 2.05) is 5.38 Å². The zero-order valence-electron chi connectivity index (χ0n) is 10.8. The predicted octanol–water partition coefficient (Wildman–Crippen LogP) is 2.16. The zero-order valence-corrected chi connectivity index (χ0v) is 13.2. The number of nitrogens with zero attached hydrogens (tertiary/aromatic N) is 1. The van der Waals surface area contributed by atoms with E-state index in [9.17, 15) is 4.79 Å². The fraction of sp³-hybridized carbons (Fsp3) is 0.667. The Morgan fingerprint density at radius 2 is 2.11 bits per heavy atom. The van der Waals surface area contributed by atoms with E-state index in [1.54, 1.807) is 17.5 Å². The number of nitrogens with one attached hydrogen (secondary N) is 1. The normalized spacial score (nSPS) is 16.3. The largest absolute Gasteiger partial charge is 0.355 e. The van der Waals surface area contributed by atoms with Crippen LogP contribution < -0.4 is 11.1 Å². The lowest BCUT2D eigenvalue weighted by molar-refractivity contribution is -0.130. The maximum Gasteiger partial charge on any atom is 0.227 e. The lowest BCUT2D eigenvalue weighted by atomic mass is 9.85. The molecule has 1 aromatic rings. The van der Waals surface area contributed by atoms with E-state index in [2.05, 4.69) is 10.3 Å². The van der Waals surface area contributed by atoms with Gasteiger partial charge in [-0.25, -0.2) is 4.98 Å². The fourth-order valence-electron chi connectivity index (χ4n) is 2.42. The van der Waals surface area contributed by atoms with Crippen molar-refractivity contribution in [1.82, 2.24) is 10.3 Å². The number of hydrogen-bond donors (Lipinski definition) is 2. The second-order valence-corrected chi connectivity index (χ2v) is 5.60. The van der Waals surface area contributed by atoms with Gasteiger partial charge in [-0.2, -0.15) is 0 Å². The third kappa shape index (κ3) is 4.60. The lowest BCUT2D eigenvalue weighted by Crippen LogP contribution is -2.44. The number of rotatable bonds is 5. The van der Waals surface area contributed by atoms with Crippen LogP contribution in [0.15, 0.2) is 11.6 Å². The standard InChI is InChI=1S/C12H19N3OS.2ClH/c13-9-12(4-1-2-5-12)11(16)15-6-3-10-14-7-8-17-10;;/h7-8H,1-6,9,13H2,(H,15,16);2*1H. The Balaban J connectivity index is 0.00000162. The van der Waals surface area contributed by atoms with Crippen molar-refractivity contribution in [3.05, 3.63) is 16.6 Å². The summed E-state index contributed by atoms with van der Waals surface area (Å²) in [5.41, 5.74) is 5.48. The van der Waals surface area contributed by atoms with Gasteiger partial charge < -0.3 is 11.1 Å². The first-order valence-electron chi connectivity index (χ1n) is 6.14. The van der Waals surface area contributed by atoms with Crippen molar-refractivity contribution >= 4 is 42.1 Å². The molecule has 2 rings (SSSR count). The van der Waals surface area contributed by atoms with E-state index in [1.165, 1.54) is 0 Å². The summed E-state index contributed by atoms with van der Waals surface area (Å²) in [5.74, 6) is 0.133. The number of thiazole rings is 1. The molecule has 0 spiro atoms. The number of carbonyl (C=O) groups excluding carboxylic acids is 1. The summed E-state index contributed by atoms with van der Waals surface area (Å²) in [7, 11) is 0. The van der Waals surface area contributed by atoms with Crippen molar-refractivity contribution in [3.63, 3.8) is 0 Å². The summed E-state index contributed by atoms with van der Waals surface area (Å²) in [6.45, 7) is 1.13. The van der Waals surface area contributed by atoms with Crippen molar-refractivity contribution in [3.8, 4) is 0 Å². The molecule has 7 heteroatoms. The first kappa shape index (κ1) is 18.6. The minimum absolute atomic E-state index is 0. The second kappa shape index (κ2) is 8.74. The molecule has 0 atom stereocenters. The van der Waals surface area contributed by atoms with Gasteiger partial charge in [0.1, 0.15) is 0 Å². The maximum atomic E-state index is 12.1. The van der Waals surface area contributed by atoms with Crippen LogP contribution in [-0.2, 0) is 11.2 Å². The number of aromatic nitrogens is 1. The predicted molar refractivity (Wildman–Crippen MR) is 83.3 cm³/mol. The summed E-state index contributed by atoms with van der Waals surface area (Å²) in [6.07, 6.45) is 6.72. The maximum absolute atomic E-state index is 12.1. The highest BCUT2D eigenvalue weighted by Crippen LogP contribution is 2.37. The van der Waals surface area contributed by atoms with Crippen molar-refractivity contribution in [1.29, 1.82) is 0 Å². The molecule has 1 saturated carbocycles. The second-order valence-electron chi connectivity index (χ2n) is 4.62. The molecule has 0 radical (unpaired) electrons. The summed E-state index contributed by atoms with van der Waals surface area (Å²) >= 11 is 1.62. The number of hydrogen-bond acceptors (Lipinski definition) is 4. The third-order valence-corrected chi connectivity index (χ3v) is 4.38. The van der Waals surface area contributed by atoms with Gasteiger partial charge in [0.15, 0.2) is 0 Å². The fourth-order valence-corrected chi connectivity index (χ4v) is 3.04. The Kier molecular flexibility index (Phi) is 8.57. The molecule has 1 aliphatic rings. The quantitative estimate of drug-likeness (QED) is 0.871. The number of amides is 1. The summed E-state index contributed by atoms with van der Waals surface area (Å²) in [4.78, 5) is 16.3. The number of carbonyl (C=O) groups is 1. The van der Waals surface area contributed by atoms with Gasteiger partial charge in [0.05, 0.1) is 10.4 Å². The molecule has 1 heterocycles. The Labute approximate surface area is 130 Å². The molecule has 110 valence electrons. The highest BCUT2D eigenvalue weighted by Gasteiger charge is 2.39. The van der Waals surface area contributed by atoms with E-state index in [-0.39, 0.29) is 36.1 Å². The van der Waals surface area contributed by atoms with Crippen LogP contribution in [-0.4, -0.2) is 24.0 Å². The molecule has 0 unspecified atom stereocenters. The van der Waals surface area contributed by atoms with Crippen molar-refractivity contribution in [2.75, 3.05) is 13.1 Å². The molecule has 0 bridgehead atoms. The van der Waals surface area contributed by atoms with E-state index in [0.29, 0.717) is 13.1 Å². The van der Waals surface area contributed by atoms with Gasteiger partial charge in [-0.05, 0) is 12.8 Å². The van der Waals surface area contributed by atoms with Gasteiger partial charge in [-0.1, -0.05) is 12.8 Å².